The molecule has 9 heteroatoms. The molecule has 2 heterocycles. The number of allylic oxidation sites excluding steroid dienone is 1. The number of carbonyl (C=O) groups is 1. The average molecular weight is 522 g/mol. The van der Waals surface area contributed by atoms with Gasteiger partial charge < -0.3 is 19.1 Å². The summed E-state index contributed by atoms with van der Waals surface area (Å²) in [6.45, 7) is 6.05. The van der Waals surface area contributed by atoms with Crippen LogP contribution in [0.1, 0.15) is 37.9 Å². The molecule has 1 atom stereocenters. The van der Waals surface area contributed by atoms with Gasteiger partial charge in [0.1, 0.15) is 0 Å². The number of methoxy groups -OCH3 is 1. The minimum absolute atomic E-state index is 0.211. The van der Waals surface area contributed by atoms with Crippen molar-refractivity contribution in [1.82, 2.24) is 4.57 Å². The second kappa shape index (κ2) is 11.0. The lowest BCUT2D eigenvalue weighted by Crippen LogP contribution is -2.40. The fourth-order valence-electron chi connectivity index (χ4n) is 4.26. The Balaban J connectivity index is 1.92. The third-order valence-electron chi connectivity index (χ3n) is 6.03. The SMILES string of the molecule is CCOC(=O)C1=C(C)N=c2sc(=Cc3ccc(N(C)C)cc3)c(=O)n2C1c1ccc(OC)c(OCC)c1. The van der Waals surface area contributed by atoms with Crippen LogP contribution < -0.4 is 29.3 Å². The second-order valence-electron chi connectivity index (χ2n) is 8.63. The van der Waals surface area contributed by atoms with E-state index < -0.39 is 12.0 Å². The number of nitrogens with zero attached hydrogens (tertiary/aromatic N) is 3. The summed E-state index contributed by atoms with van der Waals surface area (Å²) in [6, 6.07) is 12.6. The molecule has 0 N–H and O–H groups in total. The molecule has 0 saturated carbocycles. The summed E-state index contributed by atoms with van der Waals surface area (Å²) in [4.78, 5) is 34.1. The number of fused-ring (bicyclic) bond motifs is 1. The van der Waals surface area contributed by atoms with Crippen LogP contribution in [0.15, 0.2) is 63.5 Å². The molecule has 0 amide bonds. The zero-order valence-electron chi connectivity index (χ0n) is 21.9. The van der Waals surface area contributed by atoms with Gasteiger partial charge in [0.2, 0.25) is 0 Å². The van der Waals surface area contributed by atoms with E-state index in [1.807, 2.05) is 68.4 Å². The number of thiazole rings is 1. The highest BCUT2D eigenvalue weighted by Gasteiger charge is 2.34. The molecule has 1 unspecified atom stereocenters. The molecule has 3 aromatic rings. The van der Waals surface area contributed by atoms with Gasteiger partial charge in [0.15, 0.2) is 16.3 Å². The average Bonchev–Trinajstić information content (AvgIpc) is 3.18. The maximum Gasteiger partial charge on any atom is 0.338 e. The molecule has 2 aromatic carbocycles. The van der Waals surface area contributed by atoms with Gasteiger partial charge in [0.25, 0.3) is 5.56 Å². The number of rotatable bonds is 8. The van der Waals surface area contributed by atoms with Crippen LogP contribution in [0.25, 0.3) is 6.08 Å². The molecule has 0 radical (unpaired) electrons. The number of carbonyl (C=O) groups excluding carboxylic acids is 1. The lowest BCUT2D eigenvalue weighted by Gasteiger charge is -2.25. The van der Waals surface area contributed by atoms with Crippen molar-refractivity contribution in [3.05, 3.63) is 84.5 Å². The van der Waals surface area contributed by atoms with Crippen LogP contribution in [0.4, 0.5) is 5.69 Å². The van der Waals surface area contributed by atoms with Crippen molar-refractivity contribution >= 4 is 29.1 Å². The van der Waals surface area contributed by atoms with Crippen molar-refractivity contribution in [2.45, 2.75) is 26.8 Å². The van der Waals surface area contributed by atoms with Crippen molar-refractivity contribution < 1.29 is 19.0 Å². The first-order chi connectivity index (χ1) is 17.8. The van der Waals surface area contributed by atoms with Gasteiger partial charge in [-0.1, -0.05) is 29.5 Å². The first-order valence-electron chi connectivity index (χ1n) is 12.1. The Morgan fingerprint density at radius 3 is 2.46 bits per heavy atom. The Labute approximate surface area is 219 Å². The van der Waals surface area contributed by atoms with E-state index in [1.165, 1.54) is 11.3 Å². The van der Waals surface area contributed by atoms with Crippen molar-refractivity contribution in [2.75, 3.05) is 39.3 Å². The molecule has 0 saturated heterocycles. The Hall–Kier alpha value is -3.85. The fourth-order valence-corrected chi connectivity index (χ4v) is 5.31. The highest BCUT2D eigenvalue weighted by molar-refractivity contribution is 7.07. The number of anilines is 1. The van der Waals surface area contributed by atoms with E-state index in [0.29, 0.717) is 44.3 Å². The van der Waals surface area contributed by atoms with Crippen LogP contribution in [0.5, 0.6) is 11.5 Å². The zero-order chi connectivity index (χ0) is 26.7. The molecule has 4 rings (SSSR count). The standard InChI is InChI=1S/C28H31N3O5S/c1-7-35-22-16-19(11-14-21(22)34-6)25-24(27(33)36-8-2)17(3)29-28-31(25)26(32)23(37-28)15-18-9-12-20(13-10-18)30(4)5/h9-16,25H,7-8H2,1-6H3. The van der Waals surface area contributed by atoms with E-state index in [0.717, 1.165) is 11.3 Å². The molecule has 0 bridgehead atoms. The van der Waals surface area contributed by atoms with Crippen LogP contribution in [-0.4, -0.2) is 45.0 Å². The Morgan fingerprint density at radius 1 is 1.11 bits per heavy atom. The predicted octanol–water partition coefficient (Wildman–Crippen LogP) is 3.27. The lowest BCUT2D eigenvalue weighted by atomic mass is 9.95. The summed E-state index contributed by atoms with van der Waals surface area (Å²) in [6.07, 6.45) is 1.85. The molecule has 37 heavy (non-hydrogen) atoms. The minimum Gasteiger partial charge on any atom is -0.493 e. The largest absolute Gasteiger partial charge is 0.493 e. The van der Waals surface area contributed by atoms with Gasteiger partial charge in [-0.15, -0.1) is 0 Å². The third-order valence-corrected chi connectivity index (χ3v) is 7.01. The highest BCUT2D eigenvalue weighted by atomic mass is 32.1. The van der Waals surface area contributed by atoms with Gasteiger partial charge in [-0.05, 0) is 62.2 Å². The Morgan fingerprint density at radius 2 is 1.84 bits per heavy atom. The van der Waals surface area contributed by atoms with Crippen molar-refractivity contribution in [1.29, 1.82) is 0 Å². The van der Waals surface area contributed by atoms with Gasteiger partial charge in [-0.3, -0.25) is 9.36 Å². The summed E-state index contributed by atoms with van der Waals surface area (Å²) < 4.78 is 18.7. The van der Waals surface area contributed by atoms with E-state index in [4.69, 9.17) is 14.2 Å². The first kappa shape index (κ1) is 26.2. The summed E-state index contributed by atoms with van der Waals surface area (Å²) in [5.74, 6) is 0.595. The van der Waals surface area contributed by atoms with E-state index in [9.17, 15) is 9.59 Å². The molecule has 0 aliphatic carbocycles. The zero-order valence-corrected chi connectivity index (χ0v) is 22.7. The van der Waals surface area contributed by atoms with Gasteiger partial charge in [-0.25, -0.2) is 9.79 Å². The van der Waals surface area contributed by atoms with Crippen LogP contribution in [0, 0.1) is 0 Å². The summed E-state index contributed by atoms with van der Waals surface area (Å²) in [7, 11) is 5.53. The van der Waals surface area contributed by atoms with Crippen LogP contribution in [-0.2, 0) is 9.53 Å². The molecule has 1 aliphatic rings. The number of ether oxygens (including phenoxy) is 3. The molecule has 8 nitrogen and oxygen atoms in total. The molecular formula is C28H31N3O5S. The van der Waals surface area contributed by atoms with Crippen LogP contribution >= 0.6 is 11.3 Å². The minimum atomic E-state index is -0.723. The maximum absolute atomic E-state index is 13.8. The van der Waals surface area contributed by atoms with Gasteiger partial charge in [0.05, 0.1) is 42.2 Å². The molecule has 0 spiro atoms. The molecule has 1 aliphatic heterocycles. The number of benzene rings is 2. The number of esters is 1. The fraction of sp³-hybridized carbons (Fsp3) is 0.321. The first-order valence-corrected chi connectivity index (χ1v) is 12.9. The maximum atomic E-state index is 13.8. The summed E-state index contributed by atoms with van der Waals surface area (Å²) in [5, 5.41) is 0. The van der Waals surface area contributed by atoms with Crippen LogP contribution in [0.3, 0.4) is 0 Å². The lowest BCUT2D eigenvalue weighted by molar-refractivity contribution is -0.139. The monoisotopic (exact) mass is 521 g/mol. The third kappa shape index (κ3) is 5.17. The smallest absolute Gasteiger partial charge is 0.338 e. The van der Waals surface area contributed by atoms with E-state index in [-0.39, 0.29) is 12.2 Å². The number of aromatic nitrogens is 1. The summed E-state index contributed by atoms with van der Waals surface area (Å²) >= 11 is 1.29. The highest BCUT2D eigenvalue weighted by Crippen LogP contribution is 2.36. The van der Waals surface area contributed by atoms with Crippen molar-refractivity contribution in [3.63, 3.8) is 0 Å². The van der Waals surface area contributed by atoms with Crippen molar-refractivity contribution in [2.24, 2.45) is 4.99 Å². The molecular weight excluding hydrogens is 490 g/mol. The van der Waals surface area contributed by atoms with Crippen LogP contribution in [0.2, 0.25) is 0 Å². The quantitative estimate of drug-likeness (QED) is 0.423. The topological polar surface area (TPSA) is 82.4 Å². The molecule has 194 valence electrons. The van der Waals surface area contributed by atoms with E-state index >= 15 is 0 Å². The Bertz CT molecular complexity index is 1520. The molecule has 0 fully saturated rings. The predicted molar refractivity (Wildman–Crippen MR) is 145 cm³/mol. The molecule has 1 aromatic heterocycles. The van der Waals surface area contributed by atoms with E-state index in [1.54, 1.807) is 31.6 Å². The number of hydrogen-bond acceptors (Lipinski definition) is 8. The normalized spacial score (nSPS) is 15.2. The number of hydrogen-bond donors (Lipinski definition) is 0. The van der Waals surface area contributed by atoms with E-state index in [2.05, 4.69) is 4.99 Å². The van der Waals surface area contributed by atoms with Gasteiger partial charge in [0, 0.05) is 19.8 Å². The Kier molecular flexibility index (Phi) is 7.83. The van der Waals surface area contributed by atoms with Gasteiger partial charge in [-0.2, -0.15) is 0 Å². The summed E-state index contributed by atoms with van der Waals surface area (Å²) in [5.41, 5.74) is 3.27. The van der Waals surface area contributed by atoms with Gasteiger partial charge >= 0.3 is 5.97 Å². The van der Waals surface area contributed by atoms with Crippen molar-refractivity contribution in [3.8, 4) is 11.5 Å². The second-order valence-corrected chi connectivity index (χ2v) is 9.64.